The first-order valence-electron chi connectivity index (χ1n) is 8.47. The standard InChI is InChI=1S/C17H26N2O2S/c1-3-14(2)15-6-8-17(9-7-15)22(20,21)19-12-11-18-10-4-5-16(18)13-19/h6-9,14,16H,3-5,10-13H2,1-2H3/p+1/t14-,16-/m1/s1. The molecule has 0 saturated carbocycles. The zero-order valence-corrected chi connectivity index (χ0v) is 14.4. The summed E-state index contributed by atoms with van der Waals surface area (Å²) in [6.45, 7) is 7.83. The van der Waals surface area contributed by atoms with E-state index < -0.39 is 10.0 Å². The smallest absolute Gasteiger partial charge is 0.243 e. The van der Waals surface area contributed by atoms with Crippen molar-refractivity contribution in [2.75, 3.05) is 26.2 Å². The number of sulfonamides is 1. The molecule has 2 saturated heterocycles. The van der Waals surface area contributed by atoms with Crippen LogP contribution in [0.4, 0.5) is 0 Å². The predicted octanol–water partition coefficient (Wildman–Crippen LogP) is 1.25. The van der Waals surface area contributed by atoms with E-state index in [-0.39, 0.29) is 0 Å². The molecule has 2 aliphatic rings. The van der Waals surface area contributed by atoms with Crippen LogP contribution in [0.5, 0.6) is 0 Å². The van der Waals surface area contributed by atoms with Crippen molar-refractivity contribution < 1.29 is 13.3 Å². The fraction of sp³-hybridized carbons (Fsp3) is 0.647. The quantitative estimate of drug-likeness (QED) is 0.906. The third kappa shape index (κ3) is 2.94. The number of nitrogens with zero attached hydrogens (tertiary/aromatic N) is 1. The highest BCUT2D eigenvalue weighted by Gasteiger charge is 2.39. The molecular formula is C17H27N2O2S+. The van der Waals surface area contributed by atoms with Crippen molar-refractivity contribution >= 4 is 10.0 Å². The molecular weight excluding hydrogens is 296 g/mol. The molecule has 3 atom stereocenters. The Balaban J connectivity index is 1.77. The van der Waals surface area contributed by atoms with E-state index in [1.54, 1.807) is 21.3 Å². The Hall–Kier alpha value is -0.910. The summed E-state index contributed by atoms with van der Waals surface area (Å²) in [6, 6.07) is 8.01. The van der Waals surface area contributed by atoms with Crippen LogP contribution in [0.15, 0.2) is 29.2 Å². The van der Waals surface area contributed by atoms with Crippen molar-refractivity contribution in [2.45, 2.75) is 50.0 Å². The average molecular weight is 323 g/mol. The zero-order valence-electron chi connectivity index (χ0n) is 13.6. The van der Waals surface area contributed by atoms with Gasteiger partial charge in [0.2, 0.25) is 10.0 Å². The van der Waals surface area contributed by atoms with Crippen molar-refractivity contribution in [2.24, 2.45) is 0 Å². The number of piperazine rings is 1. The van der Waals surface area contributed by atoms with Gasteiger partial charge in [-0.25, -0.2) is 8.42 Å². The number of nitrogens with one attached hydrogen (secondary N) is 1. The first-order chi connectivity index (χ1) is 10.5. The Morgan fingerprint density at radius 3 is 2.68 bits per heavy atom. The molecule has 5 heteroatoms. The lowest BCUT2D eigenvalue weighted by Crippen LogP contribution is -3.16. The van der Waals surface area contributed by atoms with Gasteiger partial charge in [0, 0.05) is 12.8 Å². The summed E-state index contributed by atoms with van der Waals surface area (Å²) < 4.78 is 27.4. The molecule has 0 radical (unpaired) electrons. The van der Waals surface area contributed by atoms with Gasteiger partial charge in [-0.3, -0.25) is 0 Å². The molecule has 3 rings (SSSR count). The molecule has 1 unspecified atom stereocenters. The van der Waals surface area contributed by atoms with Crippen LogP contribution in [0.2, 0.25) is 0 Å². The molecule has 2 heterocycles. The van der Waals surface area contributed by atoms with Crippen molar-refractivity contribution in [3.63, 3.8) is 0 Å². The van der Waals surface area contributed by atoms with Gasteiger partial charge < -0.3 is 4.90 Å². The second-order valence-electron chi connectivity index (χ2n) is 6.74. The second kappa shape index (κ2) is 6.30. The largest absolute Gasteiger partial charge is 0.330 e. The number of benzene rings is 1. The normalized spacial score (nSPS) is 27.5. The van der Waals surface area contributed by atoms with Crippen LogP contribution in [0.1, 0.15) is 44.6 Å². The lowest BCUT2D eigenvalue weighted by molar-refractivity contribution is -0.916. The fourth-order valence-corrected chi connectivity index (χ4v) is 5.20. The lowest BCUT2D eigenvalue weighted by atomic mass is 9.99. The van der Waals surface area contributed by atoms with Gasteiger partial charge in [-0.15, -0.1) is 0 Å². The molecule has 2 fully saturated rings. The fourth-order valence-electron chi connectivity index (χ4n) is 3.71. The Bertz CT molecular complexity index is 612. The summed E-state index contributed by atoms with van der Waals surface area (Å²) >= 11 is 0. The van der Waals surface area contributed by atoms with Crippen molar-refractivity contribution in [1.82, 2.24) is 4.31 Å². The maximum Gasteiger partial charge on any atom is 0.243 e. The Kier molecular flexibility index (Phi) is 4.57. The van der Waals surface area contributed by atoms with E-state index in [4.69, 9.17) is 0 Å². The molecule has 0 bridgehead atoms. The lowest BCUT2D eigenvalue weighted by Gasteiger charge is -2.34. The van der Waals surface area contributed by atoms with Gasteiger partial charge in [0.25, 0.3) is 0 Å². The Labute approximate surface area is 134 Å². The monoisotopic (exact) mass is 323 g/mol. The number of fused-ring (bicyclic) bond motifs is 1. The van der Waals surface area contributed by atoms with E-state index >= 15 is 0 Å². The summed E-state index contributed by atoms with van der Waals surface area (Å²) in [5.41, 5.74) is 1.21. The van der Waals surface area contributed by atoms with Gasteiger partial charge in [-0.05, 0) is 30.0 Å². The molecule has 0 aromatic heterocycles. The Morgan fingerprint density at radius 2 is 2.00 bits per heavy atom. The summed E-state index contributed by atoms with van der Waals surface area (Å²) in [5.74, 6) is 0.474. The van der Waals surface area contributed by atoms with Gasteiger partial charge in [0.05, 0.1) is 31.1 Å². The molecule has 0 aliphatic carbocycles. The van der Waals surface area contributed by atoms with Crippen LogP contribution >= 0.6 is 0 Å². The number of hydrogen-bond donors (Lipinski definition) is 1. The van der Waals surface area contributed by atoms with Crippen LogP contribution in [0, 0.1) is 0 Å². The van der Waals surface area contributed by atoms with Gasteiger partial charge in [-0.2, -0.15) is 4.31 Å². The Morgan fingerprint density at radius 1 is 1.27 bits per heavy atom. The van der Waals surface area contributed by atoms with Gasteiger partial charge in [-0.1, -0.05) is 26.0 Å². The zero-order chi connectivity index (χ0) is 15.7. The van der Waals surface area contributed by atoms with E-state index in [1.165, 1.54) is 18.5 Å². The van der Waals surface area contributed by atoms with E-state index in [1.807, 2.05) is 12.1 Å². The van der Waals surface area contributed by atoms with E-state index in [0.717, 1.165) is 19.4 Å². The minimum Gasteiger partial charge on any atom is -0.330 e. The van der Waals surface area contributed by atoms with Gasteiger partial charge >= 0.3 is 0 Å². The molecule has 22 heavy (non-hydrogen) atoms. The number of rotatable bonds is 4. The van der Waals surface area contributed by atoms with Crippen molar-refractivity contribution in [3.05, 3.63) is 29.8 Å². The maximum atomic E-state index is 12.8. The highest BCUT2D eigenvalue weighted by atomic mass is 32.2. The van der Waals surface area contributed by atoms with Gasteiger partial charge in [0.1, 0.15) is 6.04 Å². The summed E-state index contributed by atoms with van der Waals surface area (Å²) in [6.07, 6.45) is 3.46. The third-order valence-electron chi connectivity index (χ3n) is 5.43. The van der Waals surface area contributed by atoms with Crippen LogP contribution in [0.25, 0.3) is 0 Å². The van der Waals surface area contributed by atoms with Crippen LogP contribution in [-0.2, 0) is 10.0 Å². The number of hydrogen-bond acceptors (Lipinski definition) is 2. The topological polar surface area (TPSA) is 41.8 Å². The summed E-state index contributed by atoms with van der Waals surface area (Å²) in [7, 11) is -3.33. The van der Waals surface area contributed by atoms with Crippen LogP contribution in [-0.4, -0.2) is 44.9 Å². The highest BCUT2D eigenvalue weighted by Crippen LogP contribution is 2.23. The first kappa shape index (κ1) is 16.0. The van der Waals surface area contributed by atoms with Crippen LogP contribution < -0.4 is 4.90 Å². The molecule has 4 nitrogen and oxygen atoms in total. The van der Waals surface area contributed by atoms with Crippen molar-refractivity contribution in [3.8, 4) is 0 Å². The summed E-state index contributed by atoms with van der Waals surface area (Å²) in [5, 5.41) is 0. The molecule has 1 aromatic rings. The van der Waals surface area contributed by atoms with Crippen LogP contribution in [0.3, 0.4) is 0 Å². The predicted molar refractivity (Wildman–Crippen MR) is 87.6 cm³/mol. The van der Waals surface area contributed by atoms with E-state index in [2.05, 4.69) is 13.8 Å². The first-order valence-corrected chi connectivity index (χ1v) is 9.91. The van der Waals surface area contributed by atoms with E-state index in [9.17, 15) is 8.42 Å². The third-order valence-corrected chi connectivity index (χ3v) is 7.31. The van der Waals surface area contributed by atoms with Gasteiger partial charge in [0.15, 0.2) is 0 Å². The number of quaternary nitrogens is 1. The molecule has 0 amide bonds. The maximum absolute atomic E-state index is 12.8. The second-order valence-corrected chi connectivity index (χ2v) is 8.68. The SMILES string of the molecule is CC[C@@H](C)c1ccc(S(=O)(=O)N2CC[NH+]3CCC[C@@H]3C2)cc1. The minimum absolute atomic E-state index is 0.445. The summed E-state index contributed by atoms with van der Waals surface area (Å²) in [4.78, 5) is 2.04. The molecule has 1 aromatic carbocycles. The minimum atomic E-state index is -3.33. The molecule has 122 valence electrons. The molecule has 0 spiro atoms. The molecule has 1 N–H and O–H groups in total. The average Bonchev–Trinajstić information content (AvgIpc) is 3.01. The van der Waals surface area contributed by atoms with E-state index in [0.29, 0.717) is 29.9 Å². The highest BCUT2D eigenvalue weighted by molar-refractivity contribution is 7.89. The van der Waals surface area contributed by atoms with Crippen molar-refractivity contribution in [1.29, 1.82) is 0 Å². The molecule has 2 aliphatic heterocycles.